The standard InChI is InChI=1S/C23H24F3N3O2/c1-14(2)13-27-22(30)11-9-19-15(3)28-29(18-7-4-16(24)5-8-18)23(19)31-21-10-6-17(25)12-20(21)26/h4-8,10,12,14H,9,11,13H2,1-3H3,(H,27,30). The van der Waals surface area contributed by atoms with Gasteiger partial charge in [-0.15, -0.1) is 0 Å². The van der Waals surface area contributed by atoms with Crippen LogP contribution in [0.3, 0.4) is 0 Å². The fourth-order valence-electron chi connectivity index (χ4n) is 3.00. The summed E-state index contributed by atoms with van der Waals surface area (Å²) in [4.78, 5) is 12.2. The predicted octanol–water partition coefficient (Wildman–Crippen LogP) is 5.10. The molecule has 0 spiro atoms. The number of hydrogen-bond donors (Lipinski definition) is 1. The molecule has 1 aromatic heterocycles. The van der Waals surface area contributed by atoms with Crippen molar-refractivity contribution in [2.45, 2.75) is 33.6 Å². The summed E-state index contributed by atoms with van der Waals surface area (Å²) in [6.45, 7) is 6.31. The van der Waals surface area contributed by atoms with Crippen molar-refractivity contribution in [2.75, 3.05) is 6.54 Å². The Morgan fingerprint density at radius 1 is 1.10 bits per heavy atom. The number of ether oxygens (including phenoxy) is 1. The number of aryl methyl sites for hydroxylation is 1. The van der Waals surface area contributed by atoms with E-state index in [0.29, 0.717) is 35.8 Å². The molecule has 0 aliphatic heterocycles. The van der Waals surface area contributed by atoms with Crippen LogP contribution in [0.25, 0.3) is 5.69 Å². The van der Waals surface area contributed by atoms with Crippen molar-refractivity contribution < 1.29 is 22.7 Å². The average Bonchev–Trinajstić information content (AvgIpc) is 3.02. The van der Waals surface area contributed by atoms with Crippen molar-refractivity contribution in [1.82, 2.24) is 15.1 Å². The molecule has 0 saturated heterocycles. The van der Waals surface area contributed by atoms with E-state index in [9.17, 15) is 18.0 Å². The van der Waals surface area contributed by atoms with Crippen LogP contribution in [-0.4, -0.2) is 22.2 Å². The Kier molecular flexibility index (Phi) is 6.99. The molecule has 0 radical (unpaired) electrons. The van der Waals surface area contributed by atoms with Gasteiger partial charge < -0.3 is 10.1 Å². The van der Waals surface area contributed by atoms with Crippen molar-refractivity contribution in [3.05, 3.63) is 71.2 Å². The molecule has 0 saturated carbocycles. The molecule has 31 heavy (non-hydrogen) atoms. The highest BCUT2D eigenvalue weighted by Crippen LogP contribution is 2.33. The van der Waals surface area contributed by atoms with E-state index in [1.807, 2.05) is 13.8 Å². The van der Waals surface area contributed by atoms with Gasteiger partial charge in [-0.1, -0.05) is 13.8 Å². The highest BCUT2D eigenvalue weighted by Gasteiger charge is 2.21. The third-order valence-electron chi connectivity index (χ3n) is 4.62. The lowest BCUT2D eigenvalue weighted by atomic mass is 10.1. The van der Waals surface area contributed by atoms with E-state index in [0.717, 1.165) is 12.1 Å². The van der Waals surface area contributed by atoms with Crippen molar-refractivity contribution in [1.29, 1.82) is 0 Å². The van der Waals surface area contributed by atoms with Crippen LogP contribution in [-0.2, 0) is 11.2 Å². The maximum Gasteiger partial charge on any atom is 0.226 e. The van der Waals surface area contributed by atoms with E-state index in [1.54, 1.807) is 6.92 Å². The maximum atomic E-state index is 14.2. The van der Waals surface area contributed by atoms with Gasteiger partial charge in [0.05, 0.1) is 11.4 Å². The van der Waals surface area contributed by atoms with Gasteiger partial charge >= 0.3 is 0 Å². The molecule has 164 valence electrons. The van der Waals surface area contributed by atoms with Crippen molar-refractivity contribution in [3.63, 3.8) is 0 Å². The van der Waals surface area contributed by atoms with Crippen LogP contribution in [0, 0.1) is 30.3 Å². The number of aromatic nitrogens is 2. The number of carbonyl (C=O) groups is 1. The molecule has 2 aromatic carbocycles. The third kappa shape index (κ3) is 5.65. The van der Waals surface area contributed by atoms with Gasteiger partial charge in [-0.05, 0) is 55.7 Å². The minimum atomic E-state index is -0.870. The molecule has 3 aromatic rings. The van der Waals surface area contributed by atoms with E-state index in [1.165, 1.54) is 35.0 Å². The first-order chi connectivity index (χ1) is 14.7. The quantitative estimate of drug-likeness (QED) is 0.540. The van der Waals surface area contributed by atoms with Gasteiger partial charge in [0.15, 0.2) is 11.6 Å². The number of rotatable bonds is 8. The number of nitrogens with zero attached hydrogens (tertiary/aromatic N) is 2. The van der Waals surface area contributed by atoms with Gasteiger partial charge in [-0.25, -0.2) is 17.9 Å². The summed E-state index contributed by atoms with van der Waals surface area (Å²) in [5, 5.41) is 7.30. The van der Waals surface area contributed by atoms with E-state index >= 15 is 0 Å². The Labute approximate surface area is 178 Å². The minimum absolute atomic E-state index is 0.124. The molecular formula is C23H24F3N3O2. The first kappa shape index (κ1) is 22.4. The van der Waals surface area contributed by atoms with Crippen molar-refractivity contribution in [2.24, 2.45) is 5.92 Å². The van der Waals surface area contributed by atoms with E-state index in [4.69, 9.17) is 4.74 Å². The van der Waals surface area contributed by atoms with E-state index in [2.05, 4.69) is 10.4 Å². The van der Waals surface area contributed by atoms with Crippen LogP contribution < -0.4 is 10.1 Å². The number of halogens is 3. The minimum Gasteiger partial charge on any atom is -0.436 e. The monoisotopic (exact) mass is 431 g/mol. The Morgan fingerprint density at radius 3 is 2.42 bits per heavy atom. The van der Waals surface area contributed by atoms with Crippen LogP contribution in [0.15, 0.2) is 42.5 Å². The predicted molar refractivity (Wildman–Crippen MR) is 111 cm³/mol. The summed E-state index contributed by atoms with van der Waals surface area (Å²) in [6, 6.07) is 8.55. The first-order valence-electron chi connectivity index (χ1n) is 9.98. The van der Waals surface area contributed by atoms with E-state index < -0.39 is 17.5 Å². The fourth-order valence-corrected chi connectivity index (χ4v) is 3.00. The summed E-state index contributed by atoms with van der Waals surface area (Å²) in [5.41, 5.74) is 1.68. The van der Waals surface area contributed by atoms with Gasteiger partial charge in [0.2, 0.25) is 11.8 Å². The molecule has 0 atom stereocenters. The number of amides is 1. The van der Waals surface area contributed by atoms with Crippen LogP contribution in [0.5, 0.6) is 11.6 Å². The van der Waals surface area contributed by atoms with Crippen LogP contribution in [0.1, 0.15) is 31.5 Å². The zero-order valence-corrected chi connectivity index (χ0v) is 17.6. The van der Waals surface area contributed by atoms with Gasteiger partial charge in [-0.2, -0.15) is 5.10 Å². The Bertz CT molecular complexity index is 1060. The third-order valence-corrected chi connectivity index (χ3v) is 4.62. The Balaban J connectivity index is 1.95. The maximum absolute atomic E-state index is 14.2. The molecule has 5 nitrogen and oxygen atoms in total. The second-order valence-electron chi connectivity index (χ2n) is 7.63. The summed E-state index contributed by atoms with van der Waals surface area (Å²) in [6.07, 6.45) is 0.486. The van der Waals surface area contributed by atoms with Gasteiger partial charge in [0.25, 0.3) is 0 Å². The Hall–Kier alpha value is -3.29. The summed E-state index contributed by atoms with van der Waals surface area (Å²) >= 11 is 0. The molecule has 8 heteroatoms. The highest BCUT2D eigenvalue weighted by atomic mass is 19.1. The molecule has 0 fully saturated rings. The largest absolute Gasteiger partial charge is 0.436 e. The molecule has 3 rings (SSSR count). The molecule has 0 aliphatic carbocycles. The number of hydrogen-bond acceptors (Lipinski definition) is 3. The van der Waals surface area contributed by atoms with Gasteiger partial charge in [0, 0.05) is 24.6 Å². The molecule has 0 bridgehead atoms. The lowest BCUT2D eigenvalue weighted by molar-refractivity contribution is -0.121. The molecule has 1 amide bonds. The zero-order valence-electron chi connectivity index (χ0n) is 17.6. The van der Waals surface area contributed by atoms with Crippen LogP contribution >= 0.6 is 0 Å². The second kappa shape index (κ2) is 9.68. The molecule has 0 unspecified atom stereocenters. The molecule has 1 heterocycles. The summed E-state index contributed by atoms with van der Waals surface area (Å²) in [7, 11) is 0. The smallest absolute Gasteiger partial charge is 0.226 e. The Morgan fingerprint density at radius 2 is 1.77 bits per heavy atom. The normalized spacial score (nSPS) is 11.1. The first-order valence-corrected chi connectivity index (χ1v) is 9.98. The lowest BCUT2D eigenvalue weighted by Crippen LogP contribution is -2.27. The zero-order chi connectivity index (χ0) is 22.5. The second-order valence-corrected chi connectivity index (χ2v) is 7.63. The lowest BCUT2D eigenvalue weighted by Gasteiger charge is -2.12. The summed E-state index contributed by atoms with van der Waals surface area (Å²) in [5.74, 6) is -1.81. The van der Waals surface area contributed by atoms with Crippen LogP contribution in [0.2, 0.25) is 0 Å². The van der Waals surface area contributed by atoms with Gasteiger partial charge in [0.1, 0.15) is 11.6 Å². The number of carbonyl (C=O) groups excluding carboxylic acids is 1. The number of benzene rings is 2. The molecule has 1 N–H and O–H groups in total. The average molecular weight is 431 g/mol. The summed E-state index contributed by atoms with van der Waals surface area (Å²) < 4.78 is 48.1. The van der Waals surface area contributed by atoms with Crippen LogP contribution in [0.4, 0.5) is 13.2 Å². The van der Waals surface area contributed by atoms with Gasteiger partial charge in [-0.3, -0.25) is 4.79 Å². The van der Waals surface area contributed by atoms with Crippen molar-refractivity contribution >= 4 is 5.91 Å². The number of nitrogens with one attached hydrogen (secondary N) is 1. The fraction of sp³-hybridized carbons (Fsp3) is 0.304. The van der Waals surface area contributed by atoms with E-state index in [-0.39, 0.29) is 24.0 Å². The van der Waals surface area contributed by atoms with Crippen molar-refractivity contribution in [3.8, 4) is 17.3 Å². The topological polar surface area (TPSA) is 56.2 Å². The highest BCUT2D eigenvalue weighted by molar-refractivity contribution is 5.76. The SMILES string of the molecule is Cc1nn(-c2ccc(F)cc2)c(Oc2ccc(F)cc2F)c1CCC(=O)NCC(C)C. The molecular weight excluding hydrogens is 407 g/mol. The molecule has 0 aliphatic rings.